The first-order valence-corrected chi connectivity index (χ1v) is 10.7. The molecule has 4 rings (SSSR count). The van der Waals surface area contributed by atoms with Crippen LogP contribution in [-0.4, -0.2) is 27.1 Å². The fraction of sp³-hybridized carbons (Fsp3) is 0.0870. The highest BCUT2D eigenvalue weighted by Crippen LogP contribution is 2.33. The van der Waals surface area contributed by atoms with Gasteiger partial charge in [-0.1, -0.05) is 30.0 Å². The van der Waals surface area contributed by atoms with Gasteiger partial charge in [0.25, 0.3) is 0 Å². The topological polar surface area (TPSA) is 70.7 Å². The molecule has 0 spiro atoms. The van der Waals surface area contributed by atoms with E-state index in [9.17, 15) is 13.6 Å². The summed E-state index contributed by atoms with van der Waals surface area (Å²) in [5, 5.41) is 3.41. The number of carbonyl (C=O) groups excluding carboxylic acids is 1. The van der Waals surface area contributed by atoms with Crippen molar-refractivity contribution in [1.29, 1.82) is 0 Å². The van der Waals surface area contributed by atoms with Gasteiger partial charge in [0.1, 0.15) is 17.5 Å². The summed E-state index contributed by atoms with van der Waals surface area (Å²) in [4.78, 5) is 24.4. The molecule has 2 heterocycles. The Kier molecular flexibility index (Phi) is 6.08. The van der Waals surface area contributed by atoms with Crippen molar-refractivity contribution in [3.05, 3.63) is 84.1 Å². The summed E-state index contributed by atoms with van der Waals surface area (Å²) in [5.74, 6) is -0.791. The number of hydrogen-bond acceptors (Lipinski definition) is 4. The molecule has 0 unspecified atom stereocenters. The van der Waals surface area contributed by atoms with Crippen LogP contribution >= 0.6 is 11.8 Å². The van der Waals surface area contributed by atoms with E-state index in [1.165, 1.54) is 30.0 Å². The molecule has 0 saturated heterocycles. The first kappa shape index (κ1) is 20.7. The Morgan fingerprint density at radius 2 is 1.84 bits per heavy atom. The summed E-state index contributed by atoms with van der Waals surface area (Å²) in [7, 11) is 0. The first-order valence-electron chi connectivity index (χ1n) is 9.43. The van der Waals surface area contributed by atoms with Gasteiger partial charge in [-0.2, -0.15) is 0 Å². The van der Waals surface area contributed by atoms with E-state index in [1.54, 1.807) is 48.7 Å². The van der Waals surface area contributed by atoms with E-state index in [0.717, 1.165) is 16.8 Å². The maximum absolute atomic E-state index is 13.8. The SMILES string of the molecule is CSc1nc(-c2ccnc(NC(=O)Cc3ccccc3F)c2)c(-c2ccc(F)cc2)[nH]1. The van der Waals surface area contributed by atoms with E-state index in [4.69, 9.17) is 0 Å². The number of hydrogen-bond donors (Lipinski definition) is 2. The highest BCUT2D eigenvalue weighted by atomic mass is 32.2. The lowest BCUT2D eigenvalue weighted by molar-refractivity contribution is -0.115. The Morgan fingerprint density at radius 1 is 1.06 bits per heavy atom. The van der Waals surface area contributed by atoms with Gasteiger partial charge in [-0.15, -0.1) is 0 Å². The number of aromatic amines is 1. The van der Waals surface area contributed by atoms with Crippen LogP contribution in [0.5, 0.6) is 0 Å². The van der Waals surface area contributed by atoms with Crippen LogP contribution in [-0.2, 0) is 11.2 Å². The number of pyridine rings is 1. The summed E-state index contributed by atoms with van der Waals surface area (Å²) in [6, 6.07) is 15.8. The van der Waals surface area contributed by atoms with Crippen LogP contribution in [0.4, 0.5) is 14.6 Å². The minimum absolute atomic E-state index is 0.0988. The fourth-order valence-electron chi connectivity index (χ4n) is 3.13. The molecule has 0 aliphatic rings. The number of benzene rings is 2. The average molecular weight is 436 g/mol. The highest BCUT2D eigenvalue weighted by Gasteiger charge is 2.16. The van der Waals surface area contributed by atoms with Crippen molar-refractivity contribution < 1.29 is 13.6 Å². The van der Waals surface area contributed by atoms with Gasteiger partial charge < -0.3 is 10.3 Å². The number of halogens is 2. The van der Waals surface area contributed by atoms with Crippen molar-refractivity contribution in [3.63, 3.8) is 0 Å². The van der Waals surface area contributed by atoms with Crippen molar-refractivity contribution in [2.24, 2.45) is 0 Å². The smallest absolute Gasteiger partial charge is 0.230 e. The van der Waals surface area contributed by atoms with Gasteiger partial charge in [0.15, 0.2) is 5.16 Å². The highest BCUT2D eigenvalue weighted by molar-refractivity contribution is 7.98. The number of anilines is 1. The maximum Gasteiger partial charge on any atom is 0.230 e. The summed E-state index contributed by atoms with van der Waals surface area (Å²) in [6.07, 6.45) is 3.37. The Bertz CT molecular complexity index is 1220. The van der Waals surface area contributed by atoms with Crippen LogP contribution in [0, 0.1) is 11.6 Å². The largest absolute Gasteiger partial charge is 0.332 e. The summed E-state index contributed by atoms with van der Waals surface area (Å²) < 4.78 is 27.2. The fourth-order valence-corrected chi connectivity index (χ4v) is 3.52. The number of aromatic nitrogens is 3. The molecule has 4 aromatic rings. The van der Waals surface area contributed by atoms with Crippen LogP contribution in [0.3, 0.4) is 0 Å². The number of amides is 1. The molecular formula is C23H18F2N4OS. The monoisotopic (exact) mass is 436 g/mol. The predicted molar refractivity (Wildman–Crippen MR) is 118 cm³/mol. The molecule has 0 aliphatic carbocycles. The molecule has 2 aromatic carbocycles. The molecule has 2 N–H and O–H groups in total. The molecule has 0 radical (unpaired) electrons. The van der Waals surface area contributed by atoms with E-state index in [0.29, 0.717) is 22.2 Å². The van der Waals surface area contributed by atoms with E-state index < -0.39 is 5.82 Å². The third kappa shape index (κ3) is 4.80. The van der Waals surface area contributed by atoms with Crippen molar-refractivity contribution in [1.82, 2.24) is 15.0 Å². The van der Waals surface area contributed by atoms with Crippen LogP contribution in [0.15, 0.2) is 72.0 Å². The Hall–Kier alpha value is -3.52. The van der Waals surface area contributed by atoms with E-state index >= 15 is 0 Å². The van der Waals surface area contributed by atoms with Gasteiger partial charge in [-0.05, 0) is 54.3 Å². The summed E-state index contributed by atoms with van der Waals surface area (Å²) >= 11 is 1.45. The number of imidazole rings is 1. The molecule has 0 aliphatic heterocycles. The lowest BCUT2D eigenvalue weighted by Crippen LogP contribution is -2.16. The van der Waals surface area contributed by atoms with Crippen LogP contribution in [0.25, 0.3) is 22.5 Å². The van der Waals surface area contributed by atoms with Gasteiger partial charge in [0.05, 0.1) is 17.8 Å². The van der Waals surface area contributed by atoms with Crippen LogP contribution < -0.4 is 5.32 Å². The van der Waals surface area contributed by atoms with Gasteiger partial charge in [0.2, 0.25) is 5.91 Å². The van der Waals surface area contributed by atoms with Gasteiger partial charge >= 0.3 is 0 Å². The molecule has 31 heavy (non-hydrogen) atoms. The van der Waals surface area contributed by atoms with Crippen LogP contribution in [0.2, 0.25) is 0 Å². The number of carbonyl (C=O) groups is 1. The van der Waals surface area contributed by atoms with Crippen LogP contribution in [0.1, 0.15) is 5.56 Å². The zero-order valence-corrected chi connectivity index (χ0v) is 17.3. The zero-order valence-electron chi connectivity index (χ0n) is 16.5. The molecule has 0 bridgehead atoms. The second-order valence-electron chi connectivity index (χ2n) is 6.72. The quantitative estimate of drug-likeness (QED) is 0.401. The van der Waals surface area contributed by atoms with Crippen molar-refractivity contribution in [2.45, 2.75) is 11.6 Å². The number of nitrogens with one attached hydrogen (secondary N) is 2. The second-order valence-corrected chi connectivity index (χ2v) is 7.52. The maximum atomic E-state index is 13.8. The predicted octanol–water partition coefficient (Wildman–Crippen LogP) is 5.32. The number of rotatable bonds is 6. The minimum Gasteiger partial charge on any atom is -0.332 e. The van der Waals surface area contributed by atoms with E-state index in [-0.39, 0.29) is 18.1 Å². The number of thioether (sulfide) groups is 1. The van der Waals surface area contributed by atoms with Gasteiger partial charge in [-0.25, -0.2) is 18.7 Å². The van der Waals surface area contributed by atoms with Crippen molar-refractivity contribution in [2.75, 3.05) is 11.6 Å². The molecular weight excluding hydrogens is 418 g/mol. The van der Waals surface area contributed by atoms with E-state index in [2.05, 4.69) is 20.3 Å². The second kappa shape index (κ2) is 9.09. The van der Waals surface area contributed by atoms with E-state index in [1.807, 2.05) is 6.26 Å². The molecule has 1 amide bonds. The molecule has 8 heteroatoms. The Balaban J connectivity index is 1.61. The number of nitrogens with zero attached hydrogens (tertiary/aromatic N) is 2. The average Bonchev–Trinajstić information content (AvgIpc) is 3.21. The lowest BCUT2D eigenvalue weighted by atomic mass is 10.1. The number of H-pyrrole nitrogens is 1. The molecule has 2 aromatic heterocycles. The van der Waals surface area contributed by atoms with Crippen molar-refractivity contribution >= 4 is 23.5 Å². The summed E-state index contributed by atoms with van der Waals surface area (Å²) in [6.45, 7) is 0. The molecule has 0 fully saturated rings. The normalized spacial score (nSPS) is 10.8. The van der Waals surface area contributed by atoms with Gasteiger partial charge in [-0.3, -0.25) is 4.79 Å². The third-order valence-corrected chi connectivity index (χ3v) is 5.20. The molecule has 156 valence electrons. The Morgan fingerprint density at radius 3 is 2.58 bits per heavy atom. The lowest BCUT2D eigenvalue weighted by Gasteiger charge is -2.08. The standard InChI is InChI=1S/C23H18F2N4OS/c1-31-23-28-21(14-6-8-17(24)9-7-14)22(29-23)16-10-11-26-19(12-16)27-20(30)13-15-4-2-3-5-18(15)25/h2-12H,13H2,1H3,(H,28,29)(H,26,27,30). The first-order chi connectivity index (χ1) is 15.0. The zero-order chi connectivity index (χ0) is 21.8. The molecule has 0 saturated carbocycles. The summed E-state index contributed by atoms with van der Waals surface area (Å²) in [5.41, 5.74) is 3.21. The Labute approximate surface area is 182 Å². The van der Waals surface area contributed by atoms with Gasteiger partial charge in [0, 0.05) is 17.3 Å². The molecule has 0 atom stereocenters. The third-order valence-electron chi connectivity index (χ3n) is 4.62. The minimum atomic E-state index is -0.426. The molecule has 5 nitrogen and oxygen atoms in total. The van der Waals surface area contributed by atoms with Crippen molar-refractivity contribution in [3.8, 4) is 22.5 Å².